The molecule has 0 N–H and O–H groups in total. The fourth-order valence-corrected chi connectivity index (χ4v) is 5.00. The molecule has 0 unspecified atom stereocenters. The average Bonchev–Trinajstić information content (AvgIpc) is 2.69. The molecule has 0 atom stereocenters. The highest BCUT2D eigenvalue weighted by Gasteiger charge is 2.41. The topological polar surface area (TPSA) is 76.2 Å². The lowest BCUT2D eigenvalue weighted by molar-refractivity contribution is -0.132. The van der Waals surface area contributed by atoms with Crippen molar-refractivity contribution in [2.24, 2.45) is 0 Å². The first-order valence-electron chi connectivity index (χ1n) is 9.38. The van der Waals surface area contributed by atoms with E-state index in [0.29, 0.717) is 50.7 Å². The molecular weight excluding hydrogens is 368 g/mol. The number of benzene rings is 1. The van der Waals surface area contributed by atoms with Crippen molar-refractivity contribution in [3.05, 3.63) is 35.5 Å². The fourth-order valence-electron chi connectivity index (χ4n) is 3.30. The molecule has 8 heteroatoms. The Morgan fingerprint density at radius 3 is 2.56 bits per heavy atom. The summed E-state index contributed by atoms with van der Waals surface area (Å²) in [6.45, 7) is 6.16. The SMILES string of the molecule is CCCCN1C(C(=O)N2CCOCC2)=C(OCC)c2ccccc2S1(=O)=O. The number of carbonyl (C=O) groups is 1. The maximum atomic E-state index is 13.3. The minimum Gasteiger partial charge on any atom is -0.491 e. The van der Waals surface area contributed by atoms with Crippen molar-refractivity contribution in [1.29, 1.82) is 0 Å². The van der Waals surface area contributed by atoms with Gasteiger partial charge in [-0.15, -0.1) is 0 Å². The maximum Gasteiger partial charge on any atom is 0.275 e. The Labute approximate surface area is 160 Å². The molecule has 1 fully saturated rings. The van der Waals surface area contributed by atoms with Gasteiger partial charge in [0.05, 0.1) is 24.7 Å². The average molecular weight is 394 g/mol. The van der Waals surface area contributed by atoms with Gasteiger partial charge in [0.15, 0.2) is 11.5 Å². The minimum absolute atomic E-state index is 0.117. The van der Waals surface area contributed by atoms with E-state index in [-0.39, 0.29) is 23.0 Å². The molecule has 0 saturated carbocycles. The van der Waals surface area contributed by atoms with E-state index in [0.717, 1.165) is 6.42 Å². The van der Waals surface area contributed by atoms with Crippen LogP contribution >= 0.6 is 0 Å². The smallest absolute Gasteiger partial charge is 0.275 e. The third kappa shape index (κ3) is 3.68. The number of morpholine rings is 1. The Morgan fingerprint density at radius 1 is 1.19 bits per heavy atom. The van der Waals surface area contributed by atoms with Crippen LogP contribution in [-0.2, 0) is 24.3 Å². The van der Waals surface area contributed by atoms with Crippen molar-refractivity contribution >= 4 is 21.7 Å². The molecule has 1 amide bonds. The van der Waals surface area contributed by atoms with Gasteiger partial charge in [0.2, 0.25) is 0 Å². The first-order chi connectivity index (χ1) is 13.0. The van der Waals surface area contributed by atoms with Gasteiger partial charge in [0.1, 0.15) is 0 Å². The molecule has 0 aliphatic carbocycles. The summed E-state index contributed by atoms with van der Waals surface area (Å²) in [5, 5.41) is 0. The van der Waals surface area contributed by atoms with E-state index in [2.05, 4.69) is 0 Å². The summed E-state index contributed by atoms with van der Waals surface area (Å²) in [5.41, 5.74) is 0.564. The highest BCUT2D eigenvalue weighted by molar-refractivity contribution is 7.89. The molecule has 0 aromatic heterocycles. The fraction of sp³-hybridized carbons (Fsp3) is 0.526. The summed E-state index contributed by atoms with van der Waals surface area (Å²) in [5.74, 6) is 0.0199. The first-order valence-corrected chi connectivity index (χ1v) is 10.8. The van der Waals surface area contributed by atoms with Crippen LogP contribution < -0.4 is 0 Å². The predicted octanol–water partition coefficient (Wildman–Crippen LogP) is 2.05. The number of rotatable bonds is 6. The molecule has 2 aliphatic rings. The summed E-state index contributed by atoms with van der Waals surface area (Å²) in [6, 6.07) is 6.71. The van der Waals surface area contributed by atoms with Crippen LogP contribution in [0.25, 0.3) is 5.76 Å². The van der Waals surface area contributed by atoms with Gasteiger partial charge in [0, 0.05) is 25.2 Å². The number of sulfonamides is 1. The molecule has 2 heterocycles. The van der Waals surface area contributed by atoms with E-state index >= 15 is 0 Å². The molecule has 2 aliphatic heterocycles. The van der Waals surface area contributed by atoms with Gasteiger partial charge in [-0.1, -0.05) is 25.5 Å². The van der Waals surface area contributed by atoms with Crippen LogP contribution in [-0.4, -0.2) is 63.0 Å². The first kappa shape index (κ1) is 19.7. The number of amides is 1. The van der Waals surface area contributed by atoms with E-state index in [1.807, 2.05) is 13.8 Å². The van der Waals surface area contributed by atoms with Gasteiger partial charge in [0.25, 0.3) is 15.9 Å². The Bertz CT molecular complexity index is 828. The van der Waals surface area contributed by atoms with Gasteiger partial charge in [-0.3, -0.25) is 9.10 Å². The summed E-state index contributed by atoms with van der Waals surface area (Å²) < 4.78 is 39.0. The number of fused-ring (bicyclic) bond motifs is 1. The second-order valence-corrected chi connectivity index (χ2v) is 8.27. The van der Waals surface area contributed by atoms with E-state index in [1.54, 1.807) is 29.2 Å². The monoisotopic (exact) mass is 394 g/mol. The van der Waals surface area contributed by atoms with Crippen molar-refractivity contribution in [2.75, 3.05) is 39.5 Å². The van der Waals surface area contributed by atoms with Crippen LogP contribution in [0.5, 0.6) is 0 Å². The number of carbonyl (C=O) groups excluding carboxylic acids is 1. The number of unbranched alkanes of at least 4 members (excludes halogenated alkanes) is 1. The Morgan fingerprint density at radius 2 is 1.89 bits per heavy atom. The standard InChI is InChI=1S/C19H26N2O5S/c1-3-5-10-21-17(19(22)20-11-13-25-14-12-20)18(26-4-2)15-8-6-7-9-16(15)27(21,23)24/h6-9H,3-5,10-14H2,1-2H3. The molecule has 0 bridgehead atoms. The molecule has 148 valence electrons. The van der Waals surface area contributed by atoms with Crippen molar-refractivity contribution < 1.29 is 22.7 Å². The summed E-state index contributed by atoms with van der Waals surface area (Å²) in [7, 11) is -3.82. The zero-order valence-electron chi connectivity index (χ0n) is 15.8. The van der Waals surface area contributed by atoms with Crippen molar-refractivity contribution in [3.63, 3.8) is 0 Å². The lowest BCUT2D eigenvalue weighted by Crippen LogP contribution is -2.47. The third-order valence-electron chi connectivity index (χ3n) is 4.67. The quantitative estimate of drug-likeness (QED) is 0.738. The van der Waals surface area contributed by atoms with E-state index in [9.17, 15) is 13.2 Å². The zero-order valence-corrected chi connectivity index (χ0v) is 16.6. The molecule has 1 saturated heterocycles. The van der Waals surface area contributed by atoms with E-state index < -0.39 is 10.0 Å². The van der Waals surface area contributed by atoms with Crippen LogP contribution in [0.3, 0.4) is 0 Å². The molecule has 1 aromatic carbocycles. The van der Waals surface area contributed by atoms with Crippen LogP contribution in [0.1, 0.15) is 32.3 Å². The molecular formula is C19H26N2O5S. The minimum atomic E-state index is -3.82. The highest BCUT2D eigenvalue weighted by Crippen LogP contribution is 2.38. The van der Waals surface area contributed by atoms with Gasteiger partial charge in [-0.2, -0.15) is 0 Å². The van der Waals surface area contributed by atoms with Crippen LogP contribution in [0.15, 0.2) is 34.9 Å². The van der Waals surface area contributed by atoms with E-state index in [4.69, 9.17) is 9.47 Å². The summed E-state index contributed by atoms with van der Waals surface area (Å²) in [6.07, 6.45) is 1.47. The van der Waals surface area contributed by atoms with Gasteiger partial charge in [-0.05, 0) is 25.5 Å². The van der Waals surface area contributed by atoms with Gasteiger partial charge < -0.3 is 14.4 Å². The number of hydrogen-bond donors (Lipinski definition) is 0. The van der Waals surface area contributed by atoms with Crippen molar-refractivity contribution in [1.82, 2.24) is 9.21 Å². The third-order valence-corrected chi connectivity index (χ3v) is 6.53. The summed E-state index contributed by atoms with van der Waals surface area (Å²) >= 11 is 0. The predicted molar refractivity (Wildman–Crippen MR) is 101 cm³/mol. The molecule has 0 radical (unpaired) electrons. The summed E-state index contributed by atoms with van der Waals surface area (Å²) in [4.78, 5) is 15.2. The second-order valence-electron chi connectivity index (χ2n) is 6.44. The van der Waals surface area contributed by atoms with Crippen LogP contribution in [0, 0.1) is 0 Å². The Hall–Kier alpha value is -2.06. The van der Waals surface area contributed by atoms with E-state index in [1.165, 1.54) is 4.31 Å². The molecule has 0 spiro atoms. The van der Waals surface area contributed by atoms with Crippen molar-refractivity contribution in [3.8, 4) is 0 Å². The van der Waals surface area contributed by atoms with Gasteiger partial charge in [-0.25, -0.2) is 8.42 Å². The van der Waals surface area contributed by atoms with Crippen molar-refractivity contribution in [2.45, 2.75) is 31.6 Å². The number of hydrogen-bond acceptors (Lipinski definition) is 5. The van der Waals surface area contributed by atoms with Gasteiger partial charge >= 0.3 is 0 Å². The Balaban J connectivity index is 2.18. The molecule has 7 nitrogen and oxygen atoms in total. The highest BCUT2D eigenvalue weighted by atomic mass is 32.2. The second kappa shape index (κ2) is 8.31. The number of nitrogens with zero attached hydrogens (tertiary/aromatic N) is 2. The normalized spacial score (nSPS) is 19.0. The molecule has 1 aromatic rings. The van der Waals surface area contributed by atoms with Crippen LogP contribution in [0.4, 0.5) is 0 Å². The largest absolute Gasteiger partial charge is 0.491 e. The zero-order chi connectivity index (χ0) is 19.4. The Kier molecular flexibility index (Phi) is 6.06. The molecule has 27 heavy (non-hydrogen) atoms. The molecule has 3 rings (SSSR count). The maximum absolute atomic E-state index is 13.3. The lowest BCUT2D eigenvalue weighted by atomic mass is 10.1. The number of ether oxygens (including phenoxy) is 2. The van der Waals surface area contributed by atoms with Crippen LogP contribution in [0.2, 0.25) is 0 Å². The lowest BCUT2D eigenvalue weighted by Gasteiger charge is -2.36.